The van der Waals surface area contributed by atoms with Gasteiger partial charge in [0.2, 0.25) is 5.91 Å². The van der Waals surface area contributed by atoms with E-state index in [2.05, 4.69) is 13.8 Å². The first-order valence-electron chi connectivity index (χ1n) is 7.58. The minimum atomic E-state index is -0.0885. The summed E-state index contributed by atoms with van der Waals surface area (Å²) in [5.41, 5.74) is 6.92. The Labute approximate surface area is 128 Å². The van der Waals surface area contributed by atoms with Crippen molar-refractivity contribution in [3.8, 4) is 5.75 Å². The van der Waals surface area contributed by atoms with E-state index >= 15 is 0 Å². The van der Waals surface area contributed by atoms with Crippen molar-refractivity contribution in [2.45, 2.75) is 27.2 Å². The third kappa shape index (κ3) is 6.17. The van der Waals surface area contributed by atoms with E-state index in [4.69, 9.17) is 10.5 Å². The number of carbonyl (C=O) groups is 1. The van der Waals surface area contributed by atoms with Gasteiger partial charge in [-0.3, -0.25) is 4.79 Å². The van der Waals surface area contributed by atoms with Gasteiger partial charge >= 0.3 is 0 Å². The van der Waals surface area contributed by atoms with Crippen LogP contribution in [0.5, 0.6) is 5.75 Å². The molecule has 4 nitrogen and oxygen atoms in total. The van der Waals surface area contributed by atoms with E-state index in [1.807, 2.05) is 38.2 Å². The second kappa shape index (κ2) is 8.67. The van der Waals surface area contributed by atoms with Crippen LogP contribution < -0.4 is 10.5 Å². The summed E-state index contributed by atoms with van der Waals surface area (Å²) in [6.07, 6.45) is 0.832. The van der Waals surface area contributed by atoms with E-state index in [0.29, 0.717) is 25.6 Å². The Bertz CT molecular complexity index is 429. The second-order valence-electron chi connectivity index (χ2n) is 5.98. The summed E-state index contributed by atoms with van der Waals surface area (Å²) >= 11 is 0. The summed E-state index contributed by atoms with van der Waals surface area (Å²) < 4.78 is 5.65. The normalized spacial score (nSPS) is 12.3. The third-order valence-corrected chi connectivity index (χ3v) is 3.48. The van der Waals surface area contributed by atoms with Crippen LogP contribution in [-0.4, -0.2) is 37.6 Å². The quantitative estimate of drug-likeness (QED) is 0.800. The number of hydrogen-bond donors (Lipinski definition) is 1. The molecule has 1 amide bonds. The van der Waals surface area contributed by atoms with Crippen LogP contribution in [0.2, 0.25) is 0 Å². The average Bonchev–Trinajstić information content (AvgIpc) is 2.45. The summed E-state index contributed by atoms with van der Waals surface area (Å²) in [6.45, 7) is 7.72. The molecule has 0 saturated carbocycles. The van der Waals surface area contributed by atoms with Crippen molar-refractivity contribution < 1.29 is 9.53 Å². The zero-order valence-electron chi connectivity index (χ0n) is 13.6. The molecule has 0 fully saturated rings. The molecule has 0 aromatic heterocycles. The predicted octanol–water partition coefficient (Wildman–Crippen LogP) is 2.45. The molecule has 0 radical (unpaired) electrons. The summed E-state index contributed by atoms with van der Waals surface area (Å²) in [6, 6.07) is 7.91. The van der Waals surface area contributed by atoms with Crippen molar-refractivity contribution in [2.75, 3.05) is 26.7 Å². The van der Waals surface area contributed by atoms with Crippen molar-refractivity contribution >= 4 is 5.91 Å². The minimum Gasteiger partial charge on any atom is -0.492 e. The number of amides is 1. The molecule has 0 aliphatic rings. The van der Waals surface area contributed by atoms with Crippen molar-refractivity contribution in [3.63, 3.8) is 0 Å². The lowest BCUT2D eigenvalue weighted by Crippen LogP contribution is -2.39. The van der Waals surface area contributed by atoms with Crippen LogP contribution in [0.15, 0.2) is 24.3 Å². The maximum atomic E-state index is 12.3. The molecule has 0 spiro atoms. The van der Waals surface area contributed by atoms with Gasteiger partial charge in [-0.1, -0.05) is 31.5 Å². The zero-order chi connectivity index (χ0) is 15.8. The van der Waals surface area contributed by atoms with Crippen LogP contribution in [0.4, 0.5) is 0 Å². The Morgan fingerprint density at radius 2 is 1.90 bits per heavy atom. The van der Waals surface area contributed by atoms with Gasteiger partial charge in [0.05, 0.1) is 12.5 Å². The predicted molar refractivity (Wildman–Crippen MR) is 86.3 cm³/mol. The number of likely N-dealkylation sites (N-methyl/N-ethyl adjacent to an activating group) is 1. The van der Waals surface area contributed by atoms with Crippen LogP contribution in [-0.2, 0) is 4.79 Å². The first-order chi connectivity index (χ1) is 9.93. The summed E-state index contributed by atoms with van der Waals surface area (Å²) in [7, 11) is 1.81. The van der Waals surface area contributed by atoms with Crippen molar-refractivity contribution in [1.82, 2.24) is 4.90 Å². The molecule has 0 saturated heterocycles. The van der Waals surface area contributed by atoms with Gasteiger partial charge in [0.15, 0.2) is 0 Å². The van der Waals surface area contributed by atoms with Gasteiger partial charge in [0.1, 0.15) is 12.4 Å². The lowest BCUT2D eigenvalue weighted by Gasteiger charge is -2.24. The molecule has 21 heavy (non-hydrogen) atoms. The number of carbonyl (C=O) groups excluding carboxylic acids is 1. The van der Waals surface area contributed by atoms with Crippen LogP contribution in [0.25, 0.3) is 0 Å². The maximum Gasteiger partial charge on any atom is 0.226 e. The van der Waals surface area contributed by atoms with Gasteiger partial charge in [-0.25, -0.2) is 0 Å². The monoisotopic (exact) mass is 292 g/mol. The largest absolute Gasteiger partial charge is 0.492 e. The SMILES string of the molecule is Cc1ccc(OCCN(C)C(=O)C(CN)CC(C)C)cc1. The molecule has 1 rings (SSSR count). The van der Waals surface area contributed by atoms with Crippen molar-refractivity contribution in [2.24, 2.45) is 17.6 Å². The highest BCUT2D eigenvalue weighted by molar-refractivity contribution is 5.78. The fourth-order valence-corrected chi connectivity index (χ4v) is 2.22. The lowest BCUT2D eigenvalue weighted by molar-refractivity contribution is -0.134. The fourth-order valence-electron chi connectivity index (χ4n) is 2.22. The number of aryl methyl sites for hydroxylation is 1. The number of nitrogens with zero attached hydrogens (tertiary/aromatic N) is 1. The van der Waals surface area contributed by atoms with E-state index in [-0.39, 0.29) is 11.8 Å². The second-order valence-corrected chi connectivity index (χ2v) is 5.98. The first kappa shape index (κ1) is 17.5. The summed E-state index contributed by atoms with van der Waals surface area (Å²) in [4.78, 5) is 14.0. The van der Waals surface area contributed by atoms with Gasteiger partial charge in [-0.15, -0.1) is 0 Å². The number of nitrogens with two attached hydrogens (primary N) is 1. The van der Waals surface area contributed by atoms with Gasteiger partial charge < -0.3 is 15.4 Å². The molecule has 118 valence electrons. The number of benzene rings is 1. The van der Waals surface area contributed by atoms with Crippen molar-refractivity contribution in [1.29, 1.82) is 0 Å². The molecule has 1 aromatic carbocycles. The molecule has 1 aromatic rings. The third-order valence-electron chi connectivity index (χ3n) is 3.48. The summed E-state index contributed by atoms with van der Waals surface area (Å²) in [5, 5.41) is 0. The topological polar surface area (TPSA) is 55.6 Å². The standard InChI is InChI=1S/C17H28N2O2/c1-13(2)11-15(12-18)17(20)19(4)9-10-21-16-7-5-14(3)6-8-16/h5-8,13,15H,9-12,18H2,1-4H3. The van der Waals surface area contributed by atoms with Gasteiger partial charge in [-0.2, -0.15) is 0 Å². The minimum absolute atomic E-state index is 0.0885. The highest BCUT2D eigenvalue weighted by Crippen LogP contribution is 2.14. The van der Waals surface area contributed by atoms with E-state index in [9.17, 15) is 4.79 Å². The molecule has 0 heterocycles. The van der Waals surface area contributed by atoms with E-state index in [1.54, 1.807) is 4.90 Å². The number of ether oxygens (including phenoxy) is 1. The van der Waals surface area contributed by atoms with Gasteiger partial charge in [0, 0.05) is 13.6 Å². The highest BCUT2D eigenvalue weighted by Gasteiger charge is 2.21. The first-order valence-corrected chi connectivity index (χ1v) is 7.58. The fraction of sp³-hybridized carbons (Fsp3) is 0.588. The van der Waals surface area contributed by atoms with E-state index in [1.165, 1.54) is 5.56 Å². The van der Waals surface area contributed by atoms with E-state index < -0.39 is 0 Å². The number of hydrogen-bond acceptors (Lipinski definition) is 3. The molecule has 4 heteroatoms. The van der Waals surface area contributed by atoms with Gasteiger partial charge in [0.25, 0.3) is 0 Å². The van der Waals surface area contributed by atoms with Crippen molar-refractivity contribution in [3.05, 3.63) is 29.8 Å². The Hall–Kier alpha value is -1.55. The molecule has 2 N–H and O–H groups in total. The highest BCUT2D eigenvalue weighted by atomic mass is 16.5. The average molecular weight is 292 g/mol. The van der Waals surface area contributed by atoms with Crippen LogP contribution >= 0.6 is 0 Å². The smallest absolute Gasteiger partial charge is 0.226 e. The molecule has 0 aliphatic carbocycles. The molecule has 0 aliphatic heterocycles. The molecular weight excluding hydrogens is 264 g/mol. The van der Waals surface area contributed by atoms with Crippen LogP contribution in [0.1, 0.15) is 25.8 Å². The molecule has 1 unspecified atom stereocenters. The Morgan fingerprint density at radius 3 is 2.43 bits per heavy atom. The Kier molecular flexibility index (Phi) is 7.23. The van der Waals surface area contributed by atoms with E-state index in [0.717, 1.165) is 12.2 Å². The van der Waals surface area contributed by atoms with Crippen LogP contribution in [0, 0.1) is 18.8 Å². The molecular formula is C17H28N2O2. The van der Waals surface area contributed by atoms with Crippen LogP contribution in [0.3, 0.4) is 0 Å². The zero-order valence-corrected chi connectivity index (χ0v) is 13.6. The molecule has 1 atom stereocenters. The Balaban J connectivity index is 2.39. The summed E-state index contributed by atoms with van der Waals surface area (Å²) in [5.74, 6) is 1.33. The number of rotatable bonds is 8. The molecule has 0 bridgehead atoms. The van der Waals surface area contributed by atoms with Gasteiger partial charge in [-0.05, 0) is 31.4 Å². The Morgan fingerprint density at radius 1 is 1.29 bits per heavy atom. The maximum absolute atomic E-state index is 12.3. The lowest BCUT2D eigenvalue weighted by atomic mass is 9.96.